The highest BCUT2D eigenvalue weighted by Gasteiger charge is 2.10. The van der Waals surface area contributed by atoms with Gasteiger partial charge in [0, 0.05) is 0 Å². The van der Waals surface area contributed by atoms with Crippen LogP contribution in [0.15, 0.2) is 42.5 Å². The lowest BCUT2D eigenvalue weighted by Gasteiger charge is -2.07. The van der Waals surface area contributed by atoms with Crippen LogP contribution in [0.2, 0.25) is 5.02 Å². The minimum Gasteiger partial charge on any atom is -0.288 e. The average Bonchev–Trinajstić information content (AvgIpc) is 2.50. The van der Waals surface area contributed by atoms with Crippen LogP contribution in [0.3, 0.4) is 0 Å². The molecule has 0 fully saturated rings. The Hall–Kier alpha value is -1.84. The topological polar surface area (TPSA) is 49.3 Å². The molecule has 0 saturated heterocycles. The Morgan fingerprint density at radius 1 is 1.05 bits per heavy atom. The highest BCUT2D eigenvalue weighted by Crippen LogP contribution is 2.25. The van der Waals surface area contributed by atoms with E-state index in [1.165, 1.54) is 5.56 Å². The van der Waals surface area contributed by atoms with E-state index < -0.39 is 5.91 Å². The predicted molar refractivity (Wildman–Crippen MR) is 82.2 cm³/mol. The monoisotopic (exact) mass is 291 g/mol. The predicted octanol–water partition coefficient (Wildman–Crippen LogP) is 4.46. The van der Waals surface area contributed by atoms with Gasteiger partial charge in [-0.25, -0.2) is 5.48 Å². The summed E-state index contributed by atoms with van der Waals surface area (Å²) in [6.45, 7) is 6.01. The molecule has 0 atom stereocenters. The number of rotatable bonds is 2. The van der Waals surface area contributed by atoms with E-state index in [1.54, 1.807) is 17.6 Å². The van der Waals surface area contributed by atoms with Crippen LogP contribution < -0.4 is 5.48 Å². The molecular formula is C16H18ClNO2. The number of hydrogen-bond donors (Lipinski definition) is 2. The van der Waals surface area contributed by atoms with Crippen molar-refractivity contribution in [3.63, 3.8) is 0 Å². The second kappa shape index (κ2) is 7.68. The summed E-state index contributed by atoms with van der Waals surface area (Å²) < 4.78 is 0. The van der Waals surface area contributed by atoms with Crippen LogP contribution in [0.25, 0.3) is 11.1 Å². The fourth-order valence-corrected chi connectivity index (χ4v) is 1.89. The third kappa shape index (κ3) is 3.83. The molecule has 2 aromatic carbocycles. The van der Waals surface area contributed by atoms with Gasteiger partial charge in [-0.05, 0) is 30.2 Å². The van der Waals surface area contributed by atoms with E-state index >= 15 is 0 Å². The van der Waals surface area contributed by atoms with Gasteiger partial charge in [-0.3, -0.25) is 10.0 Å². The summed E-state index contributed by atoms with van der Waals surface area (Å²) in [6.07, 6.45) is 0. The number of hydrogen-bond acceptors (Lipinski definition) is 2. The SMILES string of the molecule is CC.Cc1ccc(-c2ccc(Cl)c(C(=O)NO)c2)cc1. The number of nitrogens with one attached hydrogen (secondary N) is 1. The summed E-state index contributed by atoms with van der Waals surface area (Å²) in [5.74, 6) is -0.617. The molecule has 0 bridgehead atoms. The van der Waals surface area contributed by atoms with Gasteiger partial charge in [0.15, 0.2) is 0 Å². The highest BCUT2D eigenvalue weighted by atomic mass is 35.5. The van der Waals surface area contributed by atoms with E-state index in [-0.39, 0.29) is 5.56 Å². The highest BCUT2D eigenvalue weighted by molar-refractivity contribution is 6.33. The molecule has 0 aliphatic rings. The number of carbonyl (C=O) groups excluding carboxylic acids is 1. The quantitative estimate of drug-likeness (QED) is 0.634. The van der Waals surface area contributed by atoms with Crippen LogP contribution in [-0.2, 0) is 0 Å². The molecule has 0 radical (unpaired) electrons. The van der Waals surface area contributed by atoms with E-state index in [1.807, 2.05) is 51.1 Å². The molecule has 0 saturated carbocycles. The molecule has 2 rings (SSSR count). The maximum Gasteiger partial charge on any atom is 0.276 e. The molecule has 2 N–H and O–H groups in total. The van der Waals surface area contributed by atoms with Gasteiger partial charge in [0.2, 0.25) is 0 Å². The van der Waals surface area contributed by atoms with Crippen molar-refractivity contribution in [2.75, 3.05) is 0 Å². The summed E-state index contributed by atoms with van der Waals surface area (Å²) in [5, 5.41) is 8.96. The molecule has 0 aromatic heterocycles. The van der Waals surface area contributed by atoms with Crippen LogP contribution >= 0.6 is 11.6 Å². The number of carbonyl (C=O) groups is 1. The normalized spacial score (nSPS) is 9.45. The van der Waals surface area contributed by atoms with Gasteiger partial charge in [0.05, 0.1) is 10.6 Å². The van der Waals surface area contributed by atoms with E-state index in [2.05, 4.69) is 0 Å². The molecule has 2 aromatic rings. The Morgan fingerprint density at radius 3 is 2.15 bits per heavy atom. The average molecular weight is 292 g/mol. The van der Waals surface area contributed by atoms with Gasteiger partial charge in [-0.15, -0.1) is 0 Å². The Balaban J connectivity index is 0.000000956. The third-order valence-electron chi connectivity index (χ3n) is 2.70. The van der Waals surface area contributed by atoms with Crippen LogP contribution in [0.4, 0.5) is 0 Å². The molecule has 1 amide bonds. The second-order valence-corrected chi connectivity index (χ2v) is 4.41. The smallest absolute Gasteiger partial charge is 0.276 e. The van der Waals surface area contributed by atoms with Crippen molar-refractivity contribution in [3.05, 3.63) is 58.6 Å². The van der Waals surface area contributed by atoms with E-state index in [0.29, 0.717) is 5.02 Å². The standard InChI is InChI=1S/C14H12ClNO2.C2H6/c1-9-2-4-10(5-3-9)11-6-7-13(15)12(8-11)14(17)16-18;1-2/h2-8,18H,1H3,(H,16,17);1-2H3. The maximum atomic E-state index is 11.4. The number of aryl methyl sites for hydroxylation is 1. The fourth-order valence-electron chi connectivity index (χ4n) is 1.69. The Bertz CT molecular complexity index is 580. The van der Waals surface area contributed by atoms with Gasteiger partial charge in [0.25, 0.3) is 5.91 Å². The first-order valence-corrected chi connectivity index (χ1v) is 6.80. The number of halogens is 1. The van der Waals surface area contributed by atoms with Gasteiger partial charge in [-0.1, -0.05) is 61.3 Å². The zero-order valence-corrected chi connectivity index (χ0v) is 12.5. The minimum absolute atomic E-state index is 0.247. The molecule has 0 aliphatic carbocycles. The van der Waals surface area contributed by atoms with Crippen molar-refractivity contribution in [3.8, 4) is 11.1 Å². The van der Waals surface area contributed by atoms with Gasteiger partial charge < -0.3 is 0 Å². The van der Waals surface area contributed by atoms with Crippen molar-refractivity contribution in [2.45, 2.75) is 20.8 Å². The van der Waals surface area contributed by atoms with Crippen LogP contribution in [0.5, 0.6) is 0 Å². The fraction of sp³-hybridized carbons (Fsp3) is 0.188. The number of benzene rings is 2. The largest absolute Gasteiger partial charge is 0.288 e. The first-order chi connectivity index (χ1) is 9.61. The molecular weight excluding hydrogens is 274 g/mol. The number of amides is 1. The van der Waals surface area contributed by atoms with Crippen LogP contribution in [0.1, 0.15) is 29.8 Å². The van der Waals surface area contributed by atoms with Crippen molar-refractivity contribution < 1.29 is 10.0 Å². The lowest BCUT2D eigenvalue weighted by atomic mass is 10.0. The molecule has 20 heavy (non-hydrogen) atoms. The summed E-state index contributed by atoms with van der Waals surface area (Å²) in [6, 6.07) is 13.1. The van der Waals surface area contributed by atoms with Crippen LogP contribution in [0, 0.1) is 6.92 Å². The maximum absolute atomic E-state index is 11.4. The third-order valence-corrected chi connectivity index (χ3v) is 3.03. The first-order valence-electron chi connectivity index (χ1n) is 6.43. The zero-order chi connectivity index (χ0) is 15.1. The number of hydroxylamine groups is 1. The molecule has 3 nitrogen and oxygen atoms in total. The lowest BCUT2D eigenvalue weighted by molar-refractivity contribution is 0.0706. The van der Waals surface area contributed by atoms with E-state index in [0.717, 1.165) is 11.1 Å². The lowest BCUT2D eigenvalue weighted by Crippen LogP contribution is -2.19. The summed E-state index contributed by atoms with van der Waals surface area (Å²) >= 11 is 5.91. The van der Waals surface area contributed by atoms with Crippen molar-refractivity contribution in [2.24, 2.45) is 0 Å². The molecule has 106 valence electrons. The Kier molecular flexibility index (Phi) is 6.22. The summed E-state index contributed by atoms with van der Waals surface area (Å²) in [7, 11) is 0. The van der Waals surface area contributed by atoms with Crippen LogP contribution in [-0.4, -0.2) is 11.1 Å². The van der Waals surface area contributed by atoms with E-state index in [9.17, 15) is 4.79 Å². The van der Waals surface area contributed by atoms with E-state index in [4.69, 9.17) is 16.8 Å². The second-order valence-electron chi connectivity index (χ2n) is 4.00. The van der Waals surface area contributed by atoms with Crippen molar-refractivity contribution >= 4 is 17.5 Å². The van der Waals surface area contributed by atoms with Gasteiger partial charge >= 0.3 is 0 Å². The van der Waals surface area contributed by atoms with Gasteiger partial charge in [-0.2, -0.15) is 0 Å². The molecule has 4 heteroatoms. The van der Waals surface area contributed by atoms with Gasteiger partial charge in [0.1, 0.15) is 0 Å². The zero-order valence-electron chi connectivity index (χ0n) is 11.8. The Morgan fingerprint density at radius 2 is 1.60 bits per heavy atom. The molecule has 0 spiro atoms. The van der Waals surface area contributed by atoms with Crippen molar-refractivity contribution in [1.29, 1.82) is 0 Å². The molecule has 0 heterocycles. The molecule has 0 unspecified atom stereocenters. The summed E-state index contributed by atoms with van der Waals surface area (Å²) in [4.78, 5) is 11.4. The summed E-state index contributed by atoms with van der Waals surface area (Å²) in [5.41, 5.74) is 4.86. The minimum atomic E-state index is -0.617. The molecule has 0 aliphatic heterocycles. The first kappa shape index (κ1) is 16.2. The Labute approximate surface area is 124 Å². The van der Waals surface area contributed by atoms with Crippen molar-refractivity contribution in [1.82, 2.24) is 5.48 Å².